The molecule has 0 aliphatic heterocycles. The molecule has 1 nitrogen and oxygen atoms in total. The molecule has 0 aromatic rings. The van der Waals surface area contributed by atoms with Crippen molar-refractivity contribution in [1.29, 1.82) is 0 Å². The summed E-state index contributed by atoms with van der Waals surface area (Å²) in [5.41, 5.74) is 0.740. The van der Waals surface area contributed by atoms with Crippen molar-refractivity contribution in [3.8, 4) is 0 Å². The fraction of sp³-hybridized carbons (Fsp3) is 1.00. The Morgan fingerprint density at radius 3 is 2.27 bits per heavy atom. The van der Waals surface area contributed by atoms with Gasteiger partial charge in [0.05, 0.1) is 0 Å². The predicted molar refractivity (Wildman–Crippen MR) is 49.7 cm³/mol. The van der Waals surface area contributed by atoms with Crippen LogP contribution in [0.15, 0.2) is 0 Å². The molecule has 0 atom stereocenters. The third kappa shape index (κ3) is 2.48. The normalized spacial score (nSPS) is 20.7. The van der Waals surface area contributed by atoms with Gasteiger partial charge in [-0.25, -0.2) is 0 Å². The summed E-state index contributed by atoms with van der Waals surface area (Å²) in [5, 5.41) is 0. The van der Waals surface area contributed by atoms with Gasteiger partial charge in [0.25, 0.3) is 0 Å². The van der Waals surface area contributed by atoms with Crippen LogP contribution in [0.1, 0.15) is 39.5 Å². The van der Waals surface area contributed by atoms with Crippen molar-refractivity contribution in [3.63, 3.8) is 0 Å². The lowest BCUT2D eigenvalue weighted by atomic mass is 10.0. The zero-order chi connectivity index (χ0) is 8.32. The Hall–Kier alpha value is -0.0400. The summed E-state index contributed by atoms with van der Waals surface area (Å²) >= 11 is 0. The lowest BCUT2D eigenvalue weighted by molar-refractivity contribution is 0.258. The van der Waals surface area contributed by atoms with Gasteiger partial charge >= 0.3 is 0 Å². The SMILES string of the molecule is CCCN(C)CC1(CC)CC1. The molecule has 66 valence electrons. The highest BCUT2D eigenvalue weighted by Gasteiger charge is 2.40. The molecule has 1 rings (SSSR count). The molecule has 0 N–H and O–H groups in total. The molecule has 0 aromatic heterocycles. The number of hydrogen-bond acceptors (Lipinski definition) is 1. The van der Waals surface area contributed by atoms with Crippen molar-refractivity contribution in [2.75, 3.05) is 20.1 Å². The lowest BCUT2D eigenvalue weighted by Gasteiger charge is -2.21. The van der Waals surface area contributed by atoms with E-state index in [0.29, 0.717) is 0 Å². The van der Waals surface area contributed by atoms with Gasteiger partial charge in [0.15, 0.2) is 0 Å². The Balaban J connectivity index is 2.18. The van der Waals surface area contributed by atoms with Crippen LogP contribution in [0, 0.1) is 5.41 Å². The van der Waals surface area contributed by atoms with Crippen LogP contribution in [0.2, 0.25) is 0 Å². The van der Waals surface area contributed by atoms with Crippen molar-refractivity contribution in [2.24, 2.45) is 5.41 Å². The lowest BCUT2D eigenvalue weighted by Crippen LogP contribution is -2.27. The van der Waals surface area contributed by atoms with Crippen molar-refractivity contribution in [2.45, 2.75) is 39.5 Å². The molecule has 1 fully saturated rings. The van der Waals surface area contributed by atoms with Gasteiger partial charge < -0.3 is 4.90 Å². The molecule has 0 bridgehead atoms. The highest BCUT2D eigenvalue weighted by Crippen LogP contribution is 2.48. The van der Waals surface area contributed by atoms with Crippen LogP contribution in [0.5, 0.6) is 0 Å². The Morgan fingerprint density at radius 1 is 1.27 bits per heavy atom. The second-order valence-corrected chi connectivity index (χ2v) is 4.09. The first-order chi connectivity index (χ1) is 5.22. The zero-order valence-electron chi connectivity index (χ0n) is 8.19. The van der Waals surface area contributed by atoms with Gasteiger partial charge in [-0.1, -0.05) is 13.8 Å². The average Bonchev–Trinajstić information content (AvgIpc) is 2.70. The van der Waals surface area contributed by atoms with E-state index >= 15 is 0 Å². The maximum atomic E-state index is 2.48. The Bertz CT molecular complexity index is 116. The second kappa shape index (κ2) is 3.57. The molecule has 0 radical (unpaired) electrons. The molecule has 0 amide bonds. The second-order valence-electron chi connectivity index (χ2n) is 4.09. The summed E-state index contributed by atoms with van der Waals surface area (Å²) in [7, 11) is 2.25. The topological polar surface area (TPSA) is 3.24 Å². The summed E-state index contributed by atoms with van der Waals surface area (Å²) in [6.45, 7) is 7.17. The van der Waals surface area contributed by atoms with Gasteiger partial charge in [0.2, 0.25) is 0 Å². The van der Waals surface area contributed by atoms with Gasteiger partial charge in [0.1, 0.15) is 0 Å². The van der Waals surface area contributed by atoms with Crippen molar-refractivity contribution in [3.05, 3.63) is 0 Å². The van der Waals surface area contributed by atoms with E-state index in [-0.39, 0.29) is 0 Å². The van der Waals surface area contributed by atoms with Crippen LogP contribution in [0.25, 0.3) is 0 Å². The third-order valence-corrected chi connectivity index (χ3v) is 2.92. The first kappa shape index (κ1) is 9.05. The minimum Gasteiger partial charge on any atom is -0.306 e. The van der Waals surface area contributed by atoms with E-state index in [9.17, 15) is 0 Å². The van der Waals surface area contributed by atoms with Crippen LogP contribution < -0.4 is 0 Å². The molecule has 1 heteroatoms. The van der Waals surface area contributed by atoms with Crippen LogP contribution in [0.3, 0.4) is 0 Å². The molecule has 0 spiro atoms. The van der Waals surface area contributed by atoms with E-state index in [1.54, 1.807) is 0 Å². The summed E-state index contributed by atoms with van der Waals surface area (Å²) < 4.78 is 0. The molecule has 11 heavy (non-hydrogen) atoms. The first-order valence-electron chi connectivity index (χ1n) is 4.91. The highest BCUT2D eigenvalue weighted by molar-refractivity contribution is 4.93. The fourth-order valence-corrected chi connectivity index (χ4v) is 1.83. The van der Waals surface area contributed by atoms with E-state index in [1.807, 2.05) is 0 Å². The summed E-state index contributed by atoms with van der Waals surface area (Å²) in [4.78, 5) is 2.48. The quantitative estimate of drug-likeness (QED) is 0.589. The third-order valence-electron chi connectivity index (χ3n) is 2.92. The van der Waals surface area contributed by atoms with E-state index < -0.39 is 0 Å². The van der Waals surface area contributed by atoms with Crippen molar-refractivity contribution >= 4 is 0 Å². The molecule has 0 unspecified atom stereocenters. The van der Waals surface area contributed by atoms with Crippen LogP contribution >= 0.6 is 0 Å². The maximum absolute atomic E-state index is 2.48. The fourth-order valence-electron chi connectivity index (χ4n) is 1.83. The van der Waals surface area contributed by atoms with Gasteiger partial charge in [-0.3, -0.25) is 0 Å². The van der Waals surface area contributed by atoms with E-state index in [2.05, 4.69) is 25.8 Å². The van der Waals surface area contributed by atoms with Crippen molar-refractivity contribution < 1.29 is 0 Å². The molecule has 0 saturated heterocycles. The standard InChI is InChI=1S/C10H21N/c1-4-8-11(3)9-10(5-2)6-7-10/h4-9H2,1-3H3. The number of nitrogens with zero attached hydrogens (tertiary/aromatic N) is 1. The molecule has 1 saturated carbocycles. The van der Waals surface area contributed by atoms with Gasteiger partial charge in [0, 0.05) is 6.54 Å². The van der Waals surface area contributed by atoms with E-state index in [1.165, 1.54) is 38.8 Å². The Labute approximate surface area is 70.8 Å². The van der Waals surface area contributed by atoms with Crippen LogP contribution in [0.4, 0.5) is 0 Å². The molecular weight excluding hydrogens is 134 g/mol. The molecule has 0 aromatic carbocycles. The zero-order valence-corrected chi connectivity index (χ0v) is 8.19. The smallest absolute Gasteiger partial charge is 0.00348 e. The predicted octanol–water partition coefficient (Wildman–Crippen LogP) is 2.52. The summed E-state index contributed by atoms with van der Waals surface area (Å²) in [6.07, 6.45) is 5.60. The highest BCUT2D eigenvalue weighted by atomic mass is 15.1. The summed E-state index contributed by atoms with van der Waals surface area (Å²) in [6, 6.07) is 0. The molecule has 1 aliphatic rings. The molecule has 1 aliphatic carbocycles. The molecule has 0 heterocycles. The van der Waals surface area contributed by atoms with Crippen molar-refractivity contribution in [1.82, 2.24) is 4.90 Å². The minimum atomic E-state index is 0.740. The number of hydrogen-bond donors (Lipinski definition) is 0. The van der Waals surface area contributed by atoms with Crippen LogP contribution in [-0.2, 0) is 0 Å². The monoisotopic (exact) mass is 155 g/mol. The van der Waals surface area contributed by atoms with Gasteiger partial charge in [-0.05, 0) is 44.7 Å². The largest absolute Gasteiger partial charge is 0.306 e. The molecular formula is C10H21N. The summed E-state index contributed by atoms with van der Waals surface area (Å²) in [5.74, 6) is 0. The first-order valence-corrected chi connectivity index (χ1v) is 4.91. The van der Waals surface area contributed by atoms with E-state index in [4.69, 9.17) is 0 Å². The number of rotatable bonds is 5. The van der Waals surface area contributed by atoms with E-state index in [0.717, 1.165) is 5.41 Å². The average molecular weight is 155 g/mol. The Morgan fingerprint density at radius 2 is 1.91 bits per heavy atom. The van der Waals surface area contributed by atoms with Crippen LogP contribution in [-0.4, -0.2) is 25.0 Å². The maximum Gasteiger partial charge on any atom is 0.00348 e. The van der Waals surface area contributed by atoms with Gasteiger partial charge in [-0.15, -0.1) is 0 Å². The Kier molecular flexibility index (Phi) is 2.94. The van der Waals surface area contributed by atoms with Gasteiger partial charge in [-0.2, -0.15) is 0 Å². The minimum absolute atomic E-state index is 0.740.